The predicted molar refractivity (Wildman–Crippen MR) is 40.4 cm³/mol. The normalized spacial score (nSPS) is 7.56. The Labute approximate surface area is 60.7 Å². The minimum Gasteiger partial charge on any atom is -0.366 e. The molecule has 0 aromatic carbocycles. The maximum absolute atomic E-state index is 9.47. The zero-order valence-corrected chi connectivity index (χ0v) is 6.48. The average Bonchev–Trinajstić information content (AvgIpc) is 1.65. The SMILES string of the molecule is C=CC(N)=O.CC(C)Cl. The fourth-order valence-corrected chi connectivity index (χ4v) is 0. The van der Waals surface area contributed by atoms with Gasteiger partial charge in [-0.2, -0.15) is 0 Å². The highest BCUT2D eigenvalue weighted by Gasteiger charge is 1.71. The Kier molecular flexibility index (Phi) is 9.43. The summed E-state index contributed by atoms with van der Waals surface area (Å²) in [5, 5.41) is 0.306. The second kappa shape index (κ2) is 7.50. The van der Waals surface area contributed by atoms with E-state index >= 15 is 0 Å². The van der Waals surface area contributed by atoms with Gasteiger partial charge in [-0.15, -0.1) is 11.6 Å². The molecular weight excluding hydrogens is 138 g/mol. The number of primary amides is 1. The van der Waals surface area contributed by atoms with E-state index in [0.29, 0.717) is 5.38 Å². The van der Waals surface area contributed by atoms with Crippen molar-refractivity contribution in [2.75, 3.05) is 0 Å². The fraction of sp³-hybridized carbons (Fsp3) is 0.500. The van der Waals surface area contributed by atoms with Crippen LogP contribution in [0, 0.1) is 0 Å². The topological polar surface area (TPSA) is 43.1 Å². The molecule has 3 heteroatoms. The van der Waals surface area contributed by atoms with E-state index in [1.807, 2.05) is 13.8 Å². The van der Waals surface area contributed by atoms with Crippen molar-refractivity contribution in [2.45, 2.75) is 19.2 Å². The van der Waals surface area contributed by atoms with Gasteiger partial charge in [0.25, 0.3) is 0 Å². The quantitative estimate of drug-likeness (QED) is 0.443. The third kappa shape index (κ3) is 101. The average molecular weight is 150 g/mol. The Balaban J connectivity index is 0. The fourth-order valence-electron chi connectivity index (χ4n) is 0. The van der Waals surface area contributed by atoms with Gasteiger partial charge in [-0.25, -0.2) is 0 Å². The number of amides is 1. The Morgan fingerprint density at radius 2 is 1.89 bits per heavy atom. The van der Waals surface area contributed by atoms with E-state index in [-0.39, 0.29) is 0 Å². The van der Waals surface area contributed by atoms with Crippen molar-refractivity contribution in [2.24, 2.45) is 5.73 Å². The minimum absolute atomic E-state index is 0.306. The van der Waals surface area contributed by atoms with Crippen LogP contribution in [0.4, 0.5) is 0 Å². The largest absolute Gasteiger partial charge is 0.366 e. The molecule has 0 aliphatic heterocycles. The van der Waals surface area contributed by atoms with Crippen molar-refractivity contribution >= 4 is 17.5 Å². The summed E-state index contributed by atoms with van der Waals surface area (Å²) in [5.41, 5.74) is 4.53. The van der Waals surface area contributed by atoms with Crippen LogP contribution in [0.25, 0.3) is 0 Å². The molecule has 2 nitrogen and oxygen atoms in total. The molecule has 0 aliphatic carbocycles. The molecule has 0 unspecified atom stereocenters. The summed E-state index contributed by atoms with van der Waals surface area (Å²) in [4.78, 5) is 9.47. The lowest BCUT2D eigenvalue weighted by Gasteiger charge is -1.76. The summed E-state index contributed by atoms with van der Waals surface area (Å²) in [5.74, 6) is -0.481. The first-order chi connectivity index (χ1) is 4.00. The zero-order valence-electron chi connectivity index (χ0n) is 5.73. The van der Waals surface area contributed by atoms with Crippen molar-refractivity contribution in [3.8, 4) is 0 Å². The number of nitrogens with two attached hydrogens (primary N) is 1. The number of halogens is 1. The summed E-state index contributed by atoms with van der Waals surface area (Å²) in [6.45, 7) is 6.95. The van der Waals surface area contributed by atoms with Gasteiger partial charge in [0.1, 0.15) is 0 Å². The molecule has 0 fully saturated rings. The maximum atomic E-state index is 9.47. The van der Waals surface area contributed by atoms with E-state index in [0.717, 1.165) is 6.08 Å². The molecule has 2 N–H and O–H groups in total. The van der Waals surface area contributed by atoms with Crippen LogP contribution in [0.1, 0.15) is 13.8 Å². The van der Waals surface area contributed by atoms with Crippen LogP contribution >= 0.6 is 11.6 Å². The molecule has 0 rings (SSSR count). The van der Waals surface area contributed by atoms with Gasteiger partial charge in [0.05, 0.1) is 0 Å². The van der Waals surface area contributed by atoms with Gasteiger partial charge in [0.2, 0.25) is 5.91 Å². The van der Waals surface area contributed by atoms with E-state index in [2.05, 4.69) is 12.3 Å². The highest BCUT2D eigenvalue weighted by molar-refractivity contribution is 6.20. The van der Waals surface area contributed by atoms with Crippen LogP contribution < -0.4 is 5.73 Å². The molecule has 1 amide bonds. The number of rotatable bonds is 1. The van der Waals surface area contributed by atoms with E-state index in [4.69, 9.17) is 11.6 Å². The van der Waals surface area contributed by atoms with Gasteiger partial charge < -0.3 is 5.73 Å². The van der Waals surface area contributed by atoms with E-state index < -0.39 is 5.91 Å². The second-order valence-electron chi connectivity index (χ2n) is 1.62. The number of hydrogen-bond acceptors (Lipinski definition) is 1. The molecule has 0 radical (unpaired) electrons. The van der Waals surface area contributed by atoms with Gasteiger partial charge in [-0.3, -0.25) is 4.79 Å². The summed E-state index contributed by atoms with van der Waals surface area (Å²) in [7, 11) is 0. The van der Waals surface area contributed by atoms with Crippen LogP contribution in [0.2, 0.25) is 0 Å². The molecule has 0 saturated heterocycles. The zero-order chi connectivity index (χ0) is 7.86. The number of alkyl halides is 1. The van der Waals surface area contributed by atoms with Crippen molar-refractivity contribution in [3.63, 3.8) is 0 Å². The van der Waals surface area contributed by atoms with Gasteiger partial charge >= 0.3 is 0 Å². The molecule has 0 saturated carbocycles. The standard InChI is InChI=1S/C3H7Cl.C3H5NO/c1-3(2)4;1-2-3(4)5/h3H,1-2H3;2H,1H2,(H2,4,5). The third-order valence-electron chi connectivity index (χ3n) is 0.201. The Hall–Kier alpha value is -0.500. The smallest absolute Gasteiger partial charge is 0.240 e. The van der Waals surface area contributed by atoms with Crippen LogP contribution in [-0.4, -0.2) is 11.3 Å². The summed E-state index contributed by atoms with van der Waals surface area (Å²) in [6.07, 6.45) is 1.06. The Morgan fingerprint density at radius 1 is 1.78 bits per heavy atom. The van der Waals surface area contributed by atoms with Gasteiger partial charge in [-0.1, -0.05) is 6.58 Å². The minimum atomic E-state index is -0.481. The molecule has 0 aliphatic rings. The third-order valence-corrected chi connectivity index (χ3v) is 0.201. The number of carbonyl (C=O) groups excluding carboxylic acids is 1. The first kappa shape index (κ1) is 11.3. The lowest BCUT2D eigenvalue weighted by molar-refractivity contribution is -0.113. The Bertz CT molecular complexity index is 88.3. The van der Waals surface area contributed by atoms with Gasteiger partial charge in [0, 0.05) is 5.38 Å². The van der Waals surface area contributed by atoms with E-state index in [1.165, 1.54) is 0 Å². The first-order valence-corrected chi connectivity index (χ1v) is 3.00. The summed E-state index contributed by atoms with van der Waals surface area (Å²) < 4.78 is 0. The molecule has 0 bridgehead atoms. The van der Waals surface area contributed by atoms with Gasteiger partial charge in [-0.05, 0) is 19.9 Å². The van der Waals surface area contributed by atoms with E-state index in [1.54, 1.807) is 0 Å². The van der Waals surface area contributed by atoms with Crippen molar-refractivity contribution in [3.05, 3.63) is 12.7 Å². The lowest BCUT2D eigenvalue weighted by Crippen LogP contribution is -2.04. The van der Waals surface area contributed by atoms with Crippen molar-refractivity contribution in [1.82, 2.24) is 0 Å². The predicted octanol–water partition coefficient (Wildman–Crippen LogP) is 1.29. The molecule has 0 aromatic heterocycles. The molecule has 9 heavy (non-hydrogen) atoms. The molecule has 0 heterocycles. The lowest BCUT2D eigenvalue weighted by atomic mass is 10.6. The molecule has 0 spiro atoms. The summed E-state index contributed by atoms with van der Waals surface area (Å²) in [6, 6.07) is 0. The molecule has 0 atom stereocenters. The van der Waals surface area contributed by atoms with Crippen LogP contribution in [0.3, 0.4) is 0 Å². The van der Waals surface area contributed by atoms with E-state index in [9.17, 15) is 4.79 Å². The molecule has 54 valence electrons. The van der Waals surface area contributed by atoms with Crippen molar-refractivity contribution < 1.29 is 4.79 Å². The first-order valence-electron chi connectivity index (χ1n) is 2.56. The van der Waals surface area contributed by atoms with Gasteiger partial charge in [0.15, 0.2) is 0 Å². The second-order valence-corrected chi connectivity index (χ2v) is 2.49. The monoisotopic (exact) mass is 149 g/mol. The molecule has 0 aromatic rings. The number of carbonyl (C=O) groups is 1. The maximum Gasteiger partial charge on any atom is 0.240 e. The Morgan fingerprint density at radius 3 is 1.89 bits per heavy atom. The van der Waals surface area contributed by atoms with Crippen molar-refractivity contribution in [1.29, 1.82) is 0 Å². The highest BCUT2D eigenvalue weighted by atomic mass is 35.5. The van der Waals surface area contributed by atoms with Crippen LogP contribution in [-0.2, 0) is 4.79 Å². The molecular formula is C6H12ClNO. The number of hydrogen-bond donors (Lipinski definition) is 1. The van der Waals surface area contributed by atoms with Crippen LogP contribution in [0.5, 0.6) is 0 Å². The summed E-state index contributed by atoms with van der Waals surface area (Å²) >= 11 is 5.27. The van der Waals surface area contributed by atoms with Crippen LogP contribution in [0.15, 0.2) is 12.7 Å². The highest BCUT2D eigenvalue weighted by Crippen LogP contribution is 1.84.